The number of benzene rings is 3. The molecule has 5 nitrogen and oxygen atoms in total. The molecular formula is C26H26N2O3S. The van der Waals surface area contributed by atoms with Crippen LogP contribution in [0.2, 0.25) is 0 Å². The molecule has 0 aromatic heterocycles. The van der Waals surface area contributed by atoms with Crippen LogP contribution in [0.1, 0.15) is 46.6 Å². The van der Waals surface area contributed by atoms with Gasteiger partial charge in [0.05, 0.1) is 12.9 Å². The molecule has 1 aliphatic heterocycles. The zero-order valence-electron chi connectivity index (χ0n) is 18.4. The zero-order chi connectivity index (χ0) is 22.7. The fraction of sp³-hybridized carbons (Fsp3) is 0.231. The maximum absolute atomic E-state index is 12.8. The maximum atomic E-state index is 12.8. The Kier molecular flexibility index (Phi) is 6.51. The minimum absolute atomic E-state index is 0.0891. The molecular weight excluding hydrogens is 420 g/mol. The number of carbonyl (C=O) groups excluding carboxylic acids is 2. The predicted molar refractivity (Wildman–Crippen MR) is 131 cm³/mol. The van der Waals surface area contributed by atoms with Crippen LogP contribution < -0.4 is 15.0 Å². The topological polar surface area (TPSA) is 58.6 Å². The molecule has 0 spiro atoms. The summed E-state index contributed by atoms with van der Waals surface area (Å²) in [4.78, 5) is 27.2. The second-order valence-electron chi connectivity index (χ2n) is 7.95. The van der Waals surface area contributed by atoms with E-state index in [4.69, 9.17) is 4.74 Å². The first-order valence-corrected chi connectivity index (χ1v) is 11.6. The molecule has 2 amide bonds. The highest BCUT2D eigenvalue weighted by Crippen LogP contribution is 2.44. The maximum Gasteiger partial charge on any atom is 0.255 e. The van der Waals surface area contributed by atoms with E-state index in [2.05, 4.69) is 25.2 Å². The first-order valence-electron chi connectivity index (χ1n) is 10.6. The van der Waals surface area contributed by atoms with Crippen LogP contribution in [0.5, 0.6) is 5.75 Å². The minimum Gasteiger partial charge on any atom is -0.497 e. The number of hydrogen-bond acceptors (Lipinski definition) is 4. The summed E-state index contributed by atoms with van der Waals surface area (Å²) in [5.74, 6) is 1.41. The van der Waals surface area contributed by atoms with E-state index in [0.29, 0.717) is 28.7 Å². The number of thioether (sulfide) groups is 1. The number of hydrogen-bond donors (Lipinski definition) is 1. The van der Waals surface area contributed by atoms with Crippen LogP contribution >= 0.6 is 11.8 Å². The lowest BCUT2D eigenvalue weighted by Gasteiger charge is -2.27. The summed E-state index contributed by atoms with van der Waals surface area (Å²) in [6.07, 6.45) is 0. The summed E-state index contributed by atoms with van der Waals surface area (Å²) in [7, 11) is 1.59. The minimum atomic E-state index is -0.182. The highest BCUT2D eigenvalue weighted by atomic mass is 32.2. The average Bonchev–Trinajstić information content (AvgIpc) is 3.20. The van der Waals surface area contributed by atoms with Crippen molar-refractivity contribution in [2.45, 2.75) is 25.1 Å². The van der Waals surface area contributed by atoms with Gasteiger partial charge in [0, 0.05) is 16.9 Å². The third-order valence-corrected chi connectivity index (χ3v) is 6.70. The Balaban J connectivity index is 1.53. The second kappa shape index (κ2) is 9.49. The van der Waals surface area contributed by atoms with Gasteiger partial charge in [-0.3, -0.25) is 14.5 Å². The summed E-state index contributed by atoms with van der Waals surface area (Å²) >= 11 is 1.62. The number of ether oxygens (including phenoxy) is 1. The fourth-order valence-corrected chi connectivity index (χ4v) is 4.97. The highest BCUT2D eigenvalue weighted by Gasteiger charge is 2.35. The fourth-order valence-electron chi connectivity index (χ4n) is 3.80. The lowest BCUT2D eigenvalue weighted by Crippen LogP contribution is -2.29. The summed E-state index contributed by atoms with van der Waals surface area (Å²) in [6, 6.07) is 22.8. The molecule has 6 heteroatoms. The Morgan fingerprint density at radius 3 is 2.38 bits per heavy atom. The first-order chi connectivity index (χ1) is 15.5. The van der Waals surface area contributed by atoms with E-state index >= 15 is 0 Å². The SMILES string of the molecule is COc1ccc(C(=O)Nc2ccc([C@H]3SCC(=O)N3c3ccccc3C(C)C)cc2)cc1. The highest BCUT2D eigenvalue weighted by molar-refractivity contribution is 8.00. The van der Waals surface area contributed by atoms with Gasteiger partial charge in [-0.05, 0) is 59.5 Å². The van der Waals surface area contributed by atoms with E-state index in [1.54, 1.807) is 43.1 Å². The van der Waals surface area contributed by atoms with Gasteiger partial charge < -0.3 is 10.1 Å². The Labute approximate surface area is 192 Å². The molecule has 1 atom stereocenters. The lowest BCUT2D eigenvalue weighted by molar-refractivity contribution is -0.115. The third-order valence-electron chi connectivity index (χ3n) is 5.49. The Morgan fingerprint density at radius 2 is 1.72 bits per heavy atom. The molecule has 1 N–H and O–H groups in total. The molecule has 0 radical (unpaired) electrons. The van der Waals surface area contributed by atoms with E-state index in [0.717, 1.165) is 16.8 Å². The van der Waals surface area contributed by atoms with Crippen molar-refractivity contribution >= 4 is 35.0 Å². The van der Waals surface area contributed by atoms with Gasteiger partial charge in [-0.1, -0.05) is 44.2 Å². The van der Waals surface area contributed by atoms with Gasteiger partial charge in [-0.25, -0.2) is 0 Å². The van der Waals surface area contributed by atoms with Crippen LogP contribution in [0.3, 0.4) is 0 Å². The lowest BCUT2D eigenvalue weighted by atomic mass is 10.00. The molecule has 1 heterocycles. The predicted octanol–water partition coefficient (Wildman–Crippen LogP) is 5.85. The van der Waals surface area contributed by atoms with Gasteiger partial charge in [0.15, 0.2) is 0 Å². The summed E-state index contributed by atoms with van der Waals surface area (Å²) in [6.45, 7) is 4.28. The van der Waals surface area contributed by atoms with E-state index in [1.165, 1.54) is 0 Å². The molecule has 164 valence electrons. The van der Waals surface area contributed by atoms with Crippen molar-refractivity contribution < 1.29 is 14.3 Å². The van der Waals surface area contributed by atoms with Gasteiger partial charge in [0.1, 0.15) is 11.1 Å². The third kappa shape index (κ3) is 4.50. The zero-order valence-corrected chi connectivity index (χ0v) is 19.2. The summed E-state index contributed by atoms with van der Waals surface area (Å²) in [5, 5.41) is 2.83. The first kappa shape index (κ1) is 22.0. The second-order valence-corrected chi connectivity index (χ2v) is 9.01. The molecule has 0 unspecified atom stereocenters. The standard InChI is InChI=1S/C26H26N2O3S/c1-17(2)22-6-4-5-7-23(22)28-24(29)16-32-26(28)19-8-12-20(13-9-19)27-25(30)18-10-14-21(31-3)15-11-18/h4-15,17,26H,16H2,1-3H3,(H,27,30)/t26-/m1/s1. The van der Waals surface area contributed by atoms with Crippen molar-refractivity contribution in [3.63, 3.8) is 0 Å². The number of para-hydroxylation sites is 1. The van der Waals surface area contributed by atoms with Crippen LogP contribution in [-0.2, 0) is 4.79 Å². The van der Waals surface area contributed by atoms with Gasteiger partial charge >= 0.3 is 0 Å². The van der Waals surface area contributed by atoms with Crippen LogP contribution in [0.4, 0.5) is 11.4 Å². The number of amides is 2. The van der Waals surface area contributed by atoms with Crippen LogP contribution in [-0.4, -0.2) is 24.7 Å². The molecule has 3 aromatic carbocycles. The van der Waals surface area contributed by atoms with E-state index in [9.17, 15) is 9.59 Å². The largest absolute Gasteiger partial charge is 0.497 e. The normalized spacial score (nSPS) is 15.8. The molecule has 1 fully saturated rings. The number of nitrogens with zero attached hydrogens (tertiary/aromatic N) is 1. The smallest absolute Gasteiger partial charge is 0.255 e. The van der Waals surface area contributed by atoms with Gasteiger partial charge in [-0.15, -0.1) is 11.8 Å². The quantitative estimate of drug-likeness (QED) is 0.516. The van der Waals surface area contributed by atoms with Crippen molar-refractivity contribution in [3.8, 4) is 5.75 Å². The number of methoxy groups -OCH3 is 1. The van der Waals surface area contributed by atoms with E-state index in [1.807, 2.05) is 47.4 Å². The van der Waals surface area contributed by atoms with E-state index in [-0.39, 0.29) is 17.2 Å². The van der Waals surface area contributed by atoms with Gasteiger partial charge in [0.2, 0.25) is 5.91 Å². The molecule has 0 aliphatic carbocycles. The van der Waals surface area contributed by atoms with Crippen LogP contribution in [0.15, 0.2) is 72.8 Å². The monoisotopic (exact) mass is 446 g/mol. The molecule has 1 aliphatic rings. The van der Waals surface area contributed by atoms with Crippen molar-refractivity contribution in [1.29, 1.82) is 0 Å². The molecule has 0 bridgehead atoms. The van der Waals surface area contributed by atoms with Crippen molar-refractivity contribution in [2.24, 2.45) is 0 Å². The molecule has 4 rings (SSSR count). The molecule has 32 heavy (non-hydrogen) atoms. The van der Waals surface area contributed by atoms with Crippen molar-refractivity contribution in [1.82, 2.24) is 0 Å². The Bertz CT molecular complexity index is 1110. The van der Waals surface area contributed by atoms with Gasteiger partial charge in [0.25, 0.3) is 5.91 Å². The number of carbonyl (C=O) groups is 2. The number of nitrogens with one attached hydrogen (secondary N) is 1. The average molecular weight is 447 g/mol. The molecule has 1 saturated heterocycles. The van der Waals surface area contributed by atoms with Crippen molar-refractivity contribution in [3.05, 3.63) is 89.5 Å². The summed E-state index contributed by atoms with van der Waals surface area (Å²) in [5.41, 5.74) is 4.43. The number of rotatable bonds is 6. The van der Waals surface area contributed by atoms with Gasteiger partial charge in [-0.2, -0.15) is 0 Å². The molecule has 0 saturated carbocycles. The number of anilines is 2. The molecule has 3 aromatic rings. The summed E-state index contributed by atoms with van der Waals surface area (Å²) < 4.78 is 5.14. The van der Waals surface area contributed by atoms with Crippen LogP contribution in [0, 0.1) is 0 Å². The Hall–Kier alpha value is -3.25. The Morgan fingerprint density at radius 1 is 1.03 bits per heavy atom. The van der Waals surface area contributed by atoms with Crippen molar-refractivity contribution in [2.75, 3.05) is 23.1 Å². The van der Waals surface area contributed by atoms with E-state index < -0.39 is 0 Å². The van der Waals surface area contributed by atoms with Crippen LogP contribution in [0.25, 0.3) is 0 Å².